The van der Waals surface area contributed by atoms with Crippen molar-refractivity contribution in [3.63, 3.8) is 0 Å². The van der Waals surface area contributed by atoms with E-state index in [1.54, 1.807) is 24.3 Å². The number of piperidine rings is 1. The van der Waals surface area contributed by atoms with Gasteiger partial charge in [-0.15, -0.1) is 0 Å². The molecular formula is C14H21N3O2. The molecule has 3 fully saturated rings. The molecule has 0 saturated carbocycles. The van der Waals surface area contributed by atoms with Crippen LogP contribution in [0.3, 0.4) is 0 Å². The molecule has 0 spiro atoms. The molecule has 3 aliphatic rings. The van der Waals surface area contributed by atoms with Crippen LogP contribution in [0.25, 0.3) is 0 Å². The van der Waals surface area contributed by atoms with Crippen molar-refractivity contribution in [1.82, 2.24) is 10.2 Å². The van der Waals surface area contributed by atoms with Crippen molar-refractivity contribution in [3.8, 4) is 5.75 Å². The van der Waals surface area contributed by atoms with Gasteiger partial charge in [0.05, 0.1) is 0 Å². The smallest absolute Gasteiger partial charge is 0.409 e. The molecule has 5 nitrogen and oxygen atoms in total. The number of fused-ring (bicyclic) bond motifs is 4. The lowest BCUT2D eigenvalue weighted by molar-refractivity contribution is 0.211. The molecule has 3 saturated heterocycles. The predicted octanol–water partition coefficient (Wildman–Crippen LogP) is 1.20. The van der Waals surface area contributed by atoms with Gasteiger partial charge in [-0.2, -0.15) is 0 Å². The number of nitrogens with one attached hydrogen (secondary N) is 1. The highest BCUT2D eigenvalue weighted by molar-refractivity contribution is 5.67. The molecule has 0 aromatic heterocycles. The maximum Gasteiger partial charge on any atom is 0.409 e. The van der Waals surface area contributed by atoms with E-state index in [0.29, 0.717) is 5.75 Å². The number of amides is 1. The number of para-hydroxylation sites is 1. The summed E-state index contributed by atoms with van der Waals surface area (Å²) in [5.41, 5.74) is 4.76. The van der Waals surface area contributed by atoms with Crippen molar-refractivity contribution in [2.45, 2.75) is 18.9 Å². The Kier molecular flexibility index (Phi) is 5.18. The molecule has 5 heteroatoms. The van der Waals surface area contributed by atoms with E-state index >= 15 is 0 Å². The van der Waals surface area contributed by atoms with Crippen LogP contribution in [-0.2, 0) is 0 Å². The molecule has 0 radical (unpaired) electrons. The number of nitrogens with zero attached hydrogens (tertiary/aromatic N) is 1. The van der Waals surface area contributed by atoms with E-state index in [0.717, 1.165) is 6.04 Å². The third-order valence-corrected chi connectivity index (χ3v) is 3.41. The highest BCUT2D eigenvalue weighted by Gasteiger charge is 2.21. The molecule has 1 aromatic carbocycles. The minimum absolute atomic E-state index is 0.468. The Morgan fingerprint density at radius 1 is 1.21 bits per heavy atom. The summed E-state index contributed by atoms with van der Waals surface area (Å²) in [6, 6.07) is 9.52. The second-order valence-corrected chi connectivity index (χ2v) is 4.80. The maximum atomic E-state index is 10.2. The number of benzene rings is 1. The summed E-state index contributed by atoms with van der Waals surface area (Å²) in [5, 5.41) is 3.53. The zero-order chi connectivity index (χ0) is 13.5. The largest absolute Gasteiger partial charge is 0.411 e. The quantitative estimate of drug-likeness (QED) is 0.799. The minimum Gasteiger partial charge on any atom is -0.411 e. The standard InChI is InChI=1S/C7H14N2.C7H7NO2/c1-4-9-5-2-7(1)8-3-6-9;8-7(9)10-6-4-2-1-3-5-6/h7-8H,1-6H2;1-5H,(H2,8,9). The van der Waals surface area contributed by atoms with Crippen molar-refractivity contribution in [2.24, 2.45) is 5.73 Å². The van der Waals surface area contributed by atoms with Crippen molar-refractivity contribution in [1.29, 1.82) is 0 Å². The fourth-order valence-electron chi connectivity index (χ4n) is 2.39. The molecule has 0 unspecified atom stereocenters. The maximum absolute atomic E-state index is 10.2. The molecular weight excluding hydrogens is 242 g/mol. The number of hydrogen-bond acceptors (Lipinski definition) is 4. The number of ether oxygens (including phenoxy) is 1. The van der Waals surface area contributed by atoms with E-state index < -0.39 is 6.09 Å². The second kappa shape index (κ2) is 7.11. The summed E-state index contributed by atoms with van der Waals surface area (Å²) in [5.74, 6) is 0.468. The van der Waals surface area contributed by atoms with Gasteiger partial charge in [-0.05, 0) is 38.1 Å². The van der Waals surface area contributed by atoms with Gasteiger partial charge >= 0.3 is 6.09 Å². The number of rotatable bonds is 1. The molecule has 0 atom stereocenters. The first-order chi connectivity index (χ1) is 9.24. The fourth-order valence-corrected chi connectivity index (χ4v) is 2.39. The molecule has 1 aromatic rings. The SMILES string of the molecule is C1CN2CCC(CC2)N1.NC(=O)Oc1ccccc1. The number of primary amides is 1. The number of carbonyl (C=O) groups is 1. The average Bonchev–Trinajstić information content (AvgIpc) is 2.77. The molecule has 3 aliphatic heterocycles. The summed E-state index contributed by atoms with van der Waals surface area (Å²) in [4.78, 5) is 12.7. The zero-order valence-electron chi connectivity index (χ0n) is 11.0. The van der Waals surface area contributed by atoms with Crippen molar-refractivity contribution in [3.05, 3.63) is 30.3 Å². The van der Waals surface area contributed by atoms with Crippen molar-refractivity contribution in [2.75, 3.05) is 26.2 Å². The number of carbonyl (C=O) groups excluding carboxylic acids is 1. The average molecular weight is 263 g/mol. The first kappa shape index (κ1) is 13.8. The Balaban J connectivity index is 0.000000141. The van der Waals surface area contributed by atoms with Gasteiger partial charge < -0.3 is 20.7 Å². The van der Waals surface area contributed by atoms with Gasteiger partial charge in [0.1, 0.15) is 5.75 Å². The van der Waals surface area contributed by atoms with Crippen LogP contribution >= 0.6 is 0 Å². The lowest BCUT2D eigenvalue weighted by Crippen LogP contribution is -2.34. The van der Waals surface area contributed by atoms with Gasteiger partial charge in [-0.1, -0.05) is 18.2 Å². The summed E-state index contributed by atoms with van der Waals surface area (Å²) >= 11 is 0. The molecule has 0 aliphatic carbocycles. The van der Waals surface area contributed by atoms with Gasteiger partial charge in [0.15, 0.2) is 0 Å². The Hall–Kier alpha value is -1.59. The molecule has 3 N–H and O–H groups in total. The van der Waals surface area contributed by atoms with Crippen LogP contribution in [0.15, 0.2) is 30.3 Å². The Morgan fingerprint density at radius 2 is 1.89 bits per heavy atom. The summed E-state index contributed by atoms with van der Waals surface area (Å²) in [6.07, 6.45) is 1.96. The molecule has 3 heterocycles. The Bertz CT molecular complexity index is 371. The number of hydrogen-bond donors (Lipinski definition) is 2. The topological polar surface area (TPSA) is 67.6 Å². The Morgan fingerprint density at radius 3 is 2.53 bits per heavy atom. The molecule has 4 rings (SSSR count). The minimum atomic E-state index is -0.786. The highest BCUT2D eigenvalue weighted by atomic mass is 16.5. The van der Waals surface area contributed by atoms with Crippen LogP contribution in [0.4, 0.5) is 4.79 Å². The van der Waals surface area contributed by atoms with Crippen LogP contribution in [0.5, 0.6) is 5.75 Å². The van der Waals surface area contributed by atoms with Gasteiger partial charge in [0.25, 0.3) is 0 Å². The van der Waals surface area contributed by atoms with Crippen LogP contribution in [0.2, 0.25) is 0 Å². The van der Waals surface area contributed by atoms with E-state index in [4.69, 9.17) is 5.73 Å². The zero-order valence-corrected chi connectivity index (χ0v) is 11.0. The lowest BCUT2D eigenvalue weighted by Gasteiger charge is -2.25. The van der Waals surface area contributed by atoms with Crippen LogP contribution in [0.1, 0.15) is 12.8 Å². The predicted molar refractivity (Wildman–Crippen MR) is 74.1 cm³/mol. The number of nitrogens with two attached hydrogens (primary N) is 1. The van der Waals surface area contributed by atoms with Crippen LogP contribution in [0, 0.1) is 0 Å². The third kappa shape index (κ3) is 4.89. The van der Waals surface area contributed by atoms with Crippen molar-refractivity contribution < 1.29 is 9.53 Å². The first-order valence-corrected chi connectivity index (χ1v) is 6.72. The van der Waals surface area contributed by atoms with Crippen molar-refractivity contribution >= 4 is 6.09 Å². The van der Waals surface area contributed by atoms with E-state index in [2.05, 4.69) is 15.0 Å². The molecule has 104 valence electrons. The van der Waals surface area contributed by atoms with Gasteiger partial charge in [0, 0.05) is 19.1 Å². The summed E-state index contributed by atoms with van der Waals surface area (Å²) in [6.45, 7) is 5.15. The van der Waals surface area contributed by atoms with Gasteiger partial charge in [0.2, 0.25) is 0 Å². The van der Waals surface area contributed by atoms with E-state index in [9.17, 15) is 4.79 Å². The summed E-state index contributed by atoms with van der Waals surface area (Å²) in [7, 11) is 0. The van der Waals surface area contributed by atoms with Crippen LogP contribution < -0.4 is 15.8 Å². The van der Waals surface area contributed by atoms with E-state index in [1.165, 1.54) is 39.0 Å². The highest BCUT2D eigenvalue weighted by Crippen LogP contribution is 2.12. The van der Waals surface area contributed by atoms with E-state index in [-0.39, 0.29) is 0 Å². The first-order valence-electron chi connectivity index (χ1n) is 6.72. The fraction of sp³-hybridized carbons (Fsp3) is 0.500. The summed E-state index contributed by atoms with van der Waals surface area (Å²) < 4.78 is 4.55. The lowest BCUT2D eigenvalue weighted by atomic mass is 10.1. The van der Waals surface area contributed by atoms with Gasteiger partial charge in [-0.25, -0.2) is 4.79 Å². The third-order valence-electron chi connectivity index (χ3n) is 3.41. The van der Waals surface area contributed by atoms with E-state index in [1.807, 2.05) is 6.07 Å². The Labute approximate surface area is 113 Å². The molecule has 1 amide bonds. The monoisotopic (exact) mass is 263 g/mol. The molecule has 2 bridgehead atoms. The second-order valence-electron chi connectivity index (χ2n) is 4.80. The van der Waals surface area contributed by atoms with Gasteiger partial charge in [-0.3, -0.25) is 0 Å². The normalized spacial score (nSPS) is 24.8. The molecule has 19 heavy (non-hydrogen) atoms. The van der Waals surface area contributed by atoms with Crippen LogP contribution in [-0.4, -0.2) is 43.2 Å².